The van der Waals surface area contributed by atoms with E-state index in [1.54, 1.807) is 18.5 Å². The first-order valence-corrected chi connectivity index (χ1v) is 6.65. The molecule has 0 saturated heterocycles. The van der Waals surface area contributed by atoms with E-state index in [1.807, 2.05) is 42.5 Å². The smallest absolute Gasteiger partial charge is 0.0866 e. The first kappa shape index (κ1) is 13.1. The number of rotatable bonds is 3. The van der Waals surface area contributed by atoms with Crippen molar-refractivity contribution in [2.24, 2.45) is 4.99 Å². The molecule has 0 spiro atoms. The molecular formula is C17H14N4. The van der Waals surface area contributed by atoms with Gasteiger partial charge < -0.3 is 10.8 Å². The number of nitrogens with one attached hydrogen (secondary N) is 2. The maximum atomic E-state index is 8.38. The van der Waals surface area contributed by atoms with Gasteiger partial charge in [0.25, 0.3) is 0 Å². The van der Waals surface area contributed by atoms with Crippen LogP contribution in [0.4, 0.5) is 0 Å². The maximum absolute atomic E-state index is 8.38. The normalized spacial score (nSPS) is 19.6. The number of aromatic nitrogens is 1. The molecule has 2 heterocycles. The second-order valence-corrected chi connectivity index (χ2v) is 4.71. The molecule has 102 valence electrons. The summed E-state index contributed by atoms with van der Waals surface area (Å²) in [5.74, 6) is -0.195. The van der Waals surface area contributed by atoms with Gasteiger partial charge in [-0.2, -0.15) is 0 Å². The molecular weight excluding hydrogens is 260 g/mol. The van der Waals surface area contributed by atoms with Gasteiger partial charge in [-0.15, -0.1) is 0 Å². The Morgan fingerprint density at radius 1 is 1.00 bits per heavy atom. The highest BCUT2D eigenvalue weighted by atomic mass is 14.9. The van der Waals surface area contributed by atoms with E-state index in [-0.39, 0.29) is 5.92 Å². The van der Waals surface area contributed by atoms with Crippen molar-refractivity contribution in [1.82, 2.24) is 4.98 Å². The fraction of sp³-hybridized carbons (Fsp3) is 0.0588. The Morgan fingerprint density at radius 2 is 1.71 bits per heavy atom. The lowest BCUT2D eigenvalue weighted by molar-refractivity contribution is 1.20. The summed E-state index contributed by atoms with van der Waals surface area (Å²) in [4.78, 5) is 8.59. The van der Waals surface area contributed by atoms with Crippen LogP contribution in [-0.2, 0) is 0 Å². The zero-order chi connectivity index (χ0) is 14.7. The molecule has 0 fully saturated rings. The van der Waals surface area contributed by atoms with Gasteiger partial charge in [0, 0.05) is 24.2 Å². The summed E-state index contributed by atoms with van der Waals surface area (Å²) < 4.78 is 0. The highest BCUT2D eigenvalue weighted by molar-refractivity contribution is 6.28. The lowest BCUT2D eigenvalue weighted by Gasteiger charge is -2.13. The predicted octanol–water partition coefficient (Wildman–Crippen LogP) is 3.22. The van der Waals surface area contributed by atoms with Crippen molar-refractivity contribution in [3.63, 3.8) is 0 Å². The van der Waals surface area contributed by atoms with Gasteiger partial charge in [0.1, 0.15) is 0 Å². The maximum Gasteiger partial charge on any atom is 0.0866 e. The van der Waals surface area contributed by atoms with Gasteiger partial charge in [0.05, 0.1) is 23.0 Å². The van der Waals surface area contributed by atoms with E-state index in [2.05, 4.69) is 9.98 Å². The Morgan fingerprint density at radius 3 is 2.38 bits per heavy atom. The summed E-state index contributed by atoms with van der Waals surface area (Å²) in [7, 11) is 0. The molecule has 1 unspecified atom stereocenters. The van der Waals surface area contributed by atoms with Crippen molar-refractivity contribution < 1.29 is 0 Å². The zero-order valence-corrected chi connectivity index (χ0v) is 11.3. The molecule has 1 aromatic heterocycles. The Bertz CT molecular complexity index is 730. The second kappa shape index (κ2) is 5.63. The number of benzene rings is 1. The number of aliphatic imine (C=N–C) groups is 1. The van der Waals surface area contributed by atoms with Crippen molar-refractivity contribution >= 4 is 17.6 Å². The summed E-state index contributed by atoms with van der Waals surface area (Å²) in [6, 6.07) is 13.7. The molecule has 4 heteroatoms. The van der Waals surface area contributed by atoms with Crippen LogP contribution in [0, 0.1) is 10.8 Å². The van der Waals surface area contributed by atoms with E-state index in [9.17, 15) is 0 Å². The number of hydrogen-bond donors (Lipinski definition) is 2. The number of allylic oxidation sites excluding steroid dienone is 2. The molecule has 0 aliphatic carbocycles. The number of hydrogen-bond acceptors (Lipinski definition) is 4. The Kier molecular flexibility index (Phi) is 3.51. The van der Waals surface area contributed by atoms with Gasteiger partial charge >= 0.3 is 0 Å². The first-order valence-electron chi connectivity index (χ1n) is 6.65. The molecule has 2 N–H and O–H groups in total. The summed E-state index contributed by atoms with van der Waals surface area (Å²) in [6.45, 7) is 0. The molecule has 0 bridgehead atoms. The molecule has 2 aromatic rings. The molecule has 1 aliphatic heterocycles. The van der Waals surface area contributed by atoms with E-state index in [1.165, 1.54) is 6.21 Å². The molecule has 3 rings (SSSR count). The molecule has 0 radical (unpaired) electrons. The van der Waals surface area contributed by atoms with Crippen molar-refractivity contribution in [3.8, 4) is 0 Å². The van der Waals surface area contributed by atoms with Crippen LogP contribution in [-0.4, -0.2) is 22.6 Å². The molecule has 1 aliphatic rings. The number of pyridine rings is 1. The van der Waals surface area contributed by atoms with Gasteiger partial charge in [0.2, 0.25) is 0 Å². The minimum Gasteiger partial charge on any atom is -0.309 e. The van der Waals surface area contributed by atoms with Gasteiger partial charge in [-0.05, 0) is 23.8 Å². The van der Waals surface area contributed by atoms with Crippen LogP contribution in [0.2, 0.25) is 0 Å². The molecule has 4 nitrogen and oxygen atoms in total. The standard InChI is InChI=1S/C17H14N4/c18-9-6-14-16(19)15(12-4-2-1-3-5-12)17(21-14)13-7-10-20-11-8-13/h1-11,15,18-19H/b14-6+,18-9?,19-16?. The van der Waals surface area contributed by atoms with E-state index in [0.717, 1.165) is 16.8 Å². The lowest BCUT2D eigenvalue weighted by atomic mass is 9.88. The predicted molar refractivity (Wildman–Crippen MR) is 84.6 cm³/mol. The van der Waals surface area contributed by atoms with Crippen LogP contribution >= 0.6 is 0 Å². The van der Waals surface area contributed by atoms with Gasteiger partial charge in [-0.3, -0.25) is 4.98 Å². The SMILES string of the molecule is N=C/C=C1/N=C(c2ccncc2)C(c2ccccc2)C1=N. The average molecular weight is 274 g/mol. The van der Waals surface area contributed by atoms with E-state index < -0.39 is 0 Å². The first-order chi connectivity index (χ1) is 10.3. The summed E-state index contributed by atoms with van der Waals surface area (Å²) in [5, 5.41) is 15.6. The molecule has 0 amide bonds. The topological polar surface area (TPSA) is 73.0 Å². The third-order valence-corrected chi connectivity index (χ3v) is 3.43. The second-order valence-electron chi connectivity index (χ2n) is 4.71. The van der Waals surface area contributed by atoms with Crippen molar-refractivity contribution in [1.29, 1.82) is 10.8 Å². The van der Waals surface area contributed by atoms with Crippen LogP contribution in [0.1, 0.15) is 17.0 Å². The zero-order valence-electron chi connectivity index (χ0n) is 11.3. The van der Waals surface area contributed by atoms with Gasteiger partial charge in [-0.25, -0.2) is 4.99 Å². The average Bonchev–Trinajstić information content (AvgIpc) is 2.86. The Labute approximate surface area is 122 Å². The quantitative estimate of drug-likeness (QED) is 0.829. The Balaban J connectivity index is 2.13. The molecule has 1 atom stereocenters. The van der Waals surface area contributed by atoms with E-state index >= 15 is 0 Å². The van der Waals surface area contributed by atoms with E-state index in [0.29, 0.717) is 11.4 Å². The van der Waals surface area contributed by atoms with Crippen molar-refractivity contribution in [2.45, 2.75) is 5.92 Å². The van der Waals surface area contributed by atoms with E-state index in [4.69, 9.17) is 10.8 Å². The largest absolute Gasteiger partial charge is 0.309 e. The van der Waals surface area contributed by atoms with Crippen LogP contribution in [0.25, 0.3) is 0 Å². The summed E-state index contributed by atoms with van der Waals surface area (Å²) >= 11 is 0. The van der Waals surface area contributed by atoms with Crippen molar-refractivity contribution in [2.75, 3.05) is 0 Å². The van der Waals surface area contributed by atoms with Crippen LogP contribution < -0.4 is 0 Å². The Hall–Kier alpha value is -2.88. The minimum atomic E-state index is -0.195. The lowest BCUT2D eigenvalue weighted by Crippen LogP contribution is -2.16. The van der Waals surface area contributed by atoms with Gasteiger partial charge in [0.15, 0.2) is 0 Å². The van der Waals surface area contributed by atoms with Crippen LogP contribution in [0.3, 0.4) is 0 Å². The fourth-order valence-corrected chi connectivity index (χ4v) is 2.47. The van der Waals surface area contributed by atoms with Gasteiger partial charge in [-0.1, -0.05) is 30.3 Å². The summed E-state index contributed by atoms with van der Waals surface area (Å²) in [6.07, 6.45) is 6.18. The highest BCUT2D eigenvalue weighted by Gasteiger charge is 2.32. The molecule has 0 saturated carbocycles. The number of nitrogens with zero attached hydrogens (tertiary/aromatic N) is 2. The monoisotopic (exact) mass is 274 g/mol. The third kappa shape index (κ3) is 2.43. The van der Waals surface area contributed by atoms with Crippen molar-refractivity contribution in [3.05, 3.63) is 77.8 Å². The fourth-order valence-electron chi connectivity index (χ4n) is 2.47. The highest BCUT2D eigenvalue weighted by Crippen LogP contribution is 2.32. The molecule has 21 heavy (non-hydrogen) atoms. The van der Waals surface area contributed by atoms with Crippen LogP contribution in [0.15, 0.2) is 71.6 Å². The molecule has 1 aromatic carbocycles. The van der Waals surface area contributed by atoms with Crippen LogP contribution in [0.5, 0.6) is 0 Å². The summed E-state index contributed by atoms with van der Waals surface area (Å²) in [5.41, 5.74) is 3.80. The third-order valence-electron chi connectivity index (χ3n) is 3.43. The minimum absolute atomic E-state index is 0.195.